The summed E-state index contributed by atoms with van der Waals surface area (Å²) in [7, 11) is 0. The molecule has 0 aliphatic rings. The van der Waals surface area contributed by atoms with Crippen LogP contribution in [0, 0.1) is 5.82 Å². The number of carboxylic acid groups (broad SMARTS) is 1. The van der Waals surface area contributed by atoms with E-state index in [2.05, 4.69) is 4.98 Å². The number of hydrogen-bond donors (Lipinski definition) is 2. The Morgan fingerprint density at radius 1 is 1.28 bits per heavy atom. The van der Waals surface area contributed by atoms with Crippen molar-refractivity contribution >= 4 is 5.97 Å². The van der Waals surface area contributed by atoms with Gasteiger partial charge in [-0.15, -0.1) is 0 Å². The van der Waals surface area contributed by atoms with Gasteiger partial charge in [-0.1, -0.05) is 0 Å². The first-order valence-corrected chi connectivity index (χ1v) is 4.79. The Labute approximate surface area is 99.6 Å². The van der Waals surface area contributed by atoms with E-state index in [4.69, 9.17) is 5.11 Å². The van der Waals surface area contributed by atoms with Gasteiger partial charge >= 0.3 is 5.97 Å². The summed E-state index contributed by atoms with van der Waals surface area (Å²) in [5, 5.41) is 18.2. The molecule has 0 aromatic carbocycles. The molecule has 2 aromatic rings. The summed E-state index contributed by atoms with van der Waals surface area (Å²) >= 11 is 0. The summed E-state index contributed by atoms with van der Waals surface area (Å²) in [5.74, 6) is -2.60. The van der Waals surface area contributed by atoms with E-state index < -0.39 is 28.8 Å². The van der Waals surface area contributed by atoms with Gasteiger partial charge in [-0.2, -0.15) is 0 Å². The predicted molar refractivity (Wildman–Crippen MR) is 58.4 cm³/mol. The maximum absolute atomic E-state index is 13.0. The van der Waals surface area contributed by atoms with Crippen LogP contribution in [-0.2, 0) is 0 Å². The van der Waals surface area contributed by atoms with Crippen molar-refractivity contribution in [3.05, 3.63) is 52.5 Å². The van der Waals surface area contributed by atoms with Crippen LogP contribution in [0.15, 0.2) is 35.4 Å². The third kappa shape index (κ3) is 2.05. The second kappa shape index (κ2) is 4.28. The fourth-order valence-corrected chi connectivity index (χ4v) is 1.50. The van der Waals surface area contributed by atoms with Crippen LogP contribution in [0.2, 0.25) is 0 Å². The number of carboxylic acids is 1. The third-order valence-corrected chi connectivity index (χ3v) is 2.19. The second-order valence-electron chi connectivity index (χ2n) is 3.44. The van der Waals surface area contributed by atoms with Gasteiger partial charge in [0.2, 0.25) is 0 Å². The lowest BCUT2D eigenvalue weighted by Gasteiger charge is -2.09. The molecule has 0 atom stereocenters. The molecule has 92 valence electrons. The Morgan fingerprint density at radius 3 is 2.61 bits per heavy atom. The van der Waals surface area contributed by atoms with Crippen LogP contribution < -0.4 is 5.56 Å². The van der Waals surface area contributed by atoms with Crippen molar-refractivity contribution in [2.75, 3.05) is 0 Å². The van der Waals surface area contributed by atoms with Crippen molar-refractivity contribution in [3.8, 4) is 11.4 Å². The van der Waals surface area contributed by atoms with Crippen molar-refractivity contribution in [3.63, 3.8) is 0 Å². The minimum absolute atomic E-state index is 0.0302. The number of hydrogen-bond acceptors (Lipinski definition) is 4. The van der Waals surface area contributed by atoms with Gasteiger partial charge in [-0.25, -0.2) is 9.18 Å². The van der Waals surface area contributed by atoms with E-state index in [0.717, 1.165) is 35.2 Å². The number of carbonyl (C=O) groups is 1. The monoisotopic (exact) mass is 250 g/mol. The number of nitrogens with zero attached hydrogens (tertiary/aromatic N) is 2. The molecule has 0 aliphatic carbocycles. The van der Waals surface area contributed by atoms with E-state index in [1.165, 1.54) is 0 Å². The van der Waals surface area contributed by atoms with Gasteiger partial charge in [0.15, 0.2) is 0 Å². The van der Waals surface area contributed by atoms with Crippen LogP contribution in [0.5, 0.6) is 5.75 Å². The van der Waals surface area contributed by atoms with Crippen molar-refractivity contribution < 1.29 is 19.4 Å². The molecule has 6 nitrogen and oxygen atoms in total. The highest BCUT2D eigenvalue weighted by Gasteiger charge is 2.15. The average Bonchev–Trinajstić information content (AvgIpc) is 2.27. The van der Waals surface area contributed by atoms with Crippen LogP contribution in [0.3, 0.4) is 0 Å². The molecule has 18 heavy (non-hydrogen) atoms. The highest BCUT2D eigenvalue weighted by molar-refractivity contribution is 5.86. The Bertz CT molecular complexity index is 681. The molecular formula is C11H7FN2O4. The van der Waals surface area contributed by atoms with E-state index in [9.17, 15) is 19.1 Å². The first kappa shape index (κ1) is 11.8. The molecule has 0 saturated carbocycles. The lowest BCUT2D eigenvalue weighted by atomic mass is 10.3. The maximum Gasteiger partial charge on any atom is 0.353 e. The van der Waals surface area contributed by atoms with E-state index in [0.29, 0.717) is 0 Å². The van der Waals surface area contributed by atoms with E-state index in [1.807, 2.05) is 0 Å². The first-order valence-electron chi connectivity index (χ1n) is 4.79. The van der Waals surface area contributed by atoms with Crippen LogP contribution in [-0.4, -0.2) is 25.7 Å². The molecule has 0 radical (unpaired) electrons. The van der Waals surface area contributed by atoms with Crippen LogP contribution in [0.25, 0.3) is 5.69 Å². The topological polar surface area (TPSA) is 92.4 Å². The number of halogens is 1. The Morgan fingerprint density at radius 2 is 2.00 bits per heavy atom. The number of aromatic nitrogens is 2. The summed E-state index contributed by atoms with van der Waals surface area (Å²) in [6.07, 6.45) is 2.07. The van der Waals surface area contributed by atoms with Gasteiger partial charge in [-0.05, 0) is 0 Å². The highest BCUT2D eigenvalue weighted by atomic mass is 19.1. The van der Waals surface area contributed by atoms with Crippen molar-refractivity contribution in [1.29, 1.82) is 0 Å². The zero-order chi connectivity index (χ0) is 13.3. The first-order chi connectivity index (χ1) is 8.49. The van der Waals surface area contributed by atoms with Gasteiger partial charge in [-0.3, -0.25) is 14.3 Å². The Hall–Kier alpha value is -2.70. The van der Waals surface area contributed by atoms with E-state index in [-0.39, 0.29) is 5.69 Å². The third-order valence-electron chi connectivity index (χ3n) is 2.19. The fraction of sp³-hybridized carbons (Fsp3) is 0. The van der Waals surface area contributed by atoms with Crippen LogP contribution in [0.1, 0.15) is 10.5 Å². The second-order valence-corrected chi connectivity index (χ2v) is 3.44. The van der Waals surface area contributed by atoms with E-state index in [1.54, 1.807) is 0 Å². The number of aromatic hydroxyl groups is 1. The molecule has 7 heteroatoms. The smallest absolute Gasteiger partial charge is 0.353 e. The average molecular weight is 250 g/mol. The summed E-state index contributed by atoms with van der Waals surface area (Å²) in [4.78, 5) is 26.2. The minimum Gasteiger partial charge on any atom is -0.508 e. The van der Waals surface area contributed by atoms with Crippen LogP contribution >= 0.6 is 0 Å². The predicted octanol–water partition coefficient (Wildman–Crippen LogP) is 0.775. The lowest BCUT2D eigenvalue weighted by molar-refractivity contribution is 0.0686. The van der Waals surface area contributed by atoms with Gasteiger partial charge in [0.05, 0.1) is 18.1 Å². The molecule has 2 heterocycles. The summed E-state index contributed by atoms with van der Waals surface area (Å²) < 4.78 is 13.8. The zero-order valence-corrected chi connectivity index (χ0v) is 8.87. The molecule has 0 saturated heterocycles. The zero-order valence-electron chi connectivity index (χ0n) is 8.87. The lowest BCUT2D eigenvalue weighted by Crippen LogP contribution is -2.23. The van der Waals surface area contributed by atoms with Gasteiger partial charge < -0.3 is 10.2 Å². The largest absolute Gasteiger partial charge is 0.508 e. The van der Waals surface area contributed by atoms with Crippen molar-refractivity contribution in [2.45, 2.75) is 0 Å². The number of rotatable bonds is 2. The summed E-state index contributed by atoms with van der Waals surface area (Å²) in [5.41, 5.74) is -1.30. The maximum atomic E-state index is 13.0. The van der Waals surface area contributed by atoms with Crippen molar-refractivity contribution in [2.24, 2.45) is 0 Å². The Balaban J connectivity index is 2.78. The Kier molecular flexibility index (Phi) is 2.80. The van der Waals surface area contributed by atoms with Gasteiger partial charge in [0, 0.05) is 18.2 Å². The molecule has 2 N–H and O–H groups in total. The molecule has 0 amide bonds. The van der Waals surface area contributed by atoms with Gasteiger partial charge in [0.1, 0.15) is 17.3 Å². The minimum atomic E-state index is -1.42. The SMILES string of the molecule is O=C(O)c1cc(O)cc(=O)n1-c1cncc(F)c1. The highest BCUT2D eigenvalue weighted by Crippen LogP contribution is 2.13. The summed E-state index contributed by atoms with van der Waals surface area (Å²) in [6, 6.07) is 2.70. The van der Waals surface area contributed by atoms with Gasteiger partial charge in [0.25, 0.3) is 5.56 Å². The standard InChI is InChI=1S/C11H7FN2O4/c12-6-1-7(5-13-4-6)14-9(11(17)18)2-8(15)3-10(14)16/h1-5,15H,(H,17,18). The van der Waals surface area contributed by atoms with Crippen LogP contribution in [0.4, 0.5) is 4.39 Å². The van der Waals surface area contributed by atoms with E-state index >= 15 is 0 Å². The fourth-order valence-electron chi connectivity index (χ4n) is 1.50. The molecule has 0 unspecified atom stereocenters. The quantitative estimate of drug-likeness (QED) is 0.821. The molecule has 0 aliphatic heterocycles. The molecule has 0 bridgehead atoms. The molecule has 0 fully saturated rings. The molecule has 2 rings (SSSR count). The molecular weight excluding hydrogens is 243 g/mol. The van der Waals surface area contributed by atoms with Crippen molar-refractivity contribution in [1.82, 2.24) is 9.55 Å². The molecule has 2 aromatic heterocycles. The number of aromatic carboxylic acids is 1. The molecule has 0 spiro atoms. The normalized spacial score (nSPS) is 10.3. The summed E-state index contributed by atoms with van der Waals surface area (Å²) in [6.45, 7) is 0. The number of pyridine rings is 2.